The zero-order valence-electron chi connectivity index (χ0n) is 7.64. The van der Waals surface area contributed by atoms with E-state index in [4.69, 9.17) is 0 Å². The van der Waals surface area contributed by atoms with Crippen LogP contribution in [-0.2, 0) is 4.57 Å². The Hall–Kier alpha value is -0.110. The highest BCUT2D eigenvalue weighted by Gasteiger charge is 2.43. The zero-order valence-corrected chi connectivity index (χ0v) is 10.1. The van der Waals surface area contributed by atoms with E-state index in [0.717, 1.165) is 5.30 Å². The Balaban J connectivity index is 2.39. The lowest BCUT2D eigenvalue weighted by molar-refractivity contribution is 0.196. The quantitative estimate of drug-likeness (QED) is 0.630. The van der Waals surface area contributed by atoms with E-state index in [0.29, 0.717) is 12.6 Å². The van der Waals surface area contributed by atoms with Gasteiger partial charge in [-0.15, -0.1) is 0 Å². The smallest absolute Gasteiger partial charge is 0.131 e. The van der Waals surface area contributed by atoms with Gasteiger partial charge in [0.25, 0.3) is 0 Å². The molecule has 1 aliphatic rings. The third-order valence-corrected chi connectivity index (χ3v) is 8.50. The molecule has 1 saturated heterocycles. The number of hydrogen-bond acceptors (Lipinski definition) is 2. The van der Waals surface area contributed by atoms with Crippen LogP contribution in [0, 0.1) is 0 Å². The first kappa shape index (κ1) is 10.4. The minimum absolute atomic E-state index is 0.266. The Labute approximate surface area is 91.8 Å². The van der Waals surface area contributed by atoms with Crippen LogP contribution < -0.4 is 5.30 Å². The van der Waals surface area contributed by atoms with Crippen molar-refractivity contribution in [2.75, 3.05) is 6.16 Å². The molecule has 14 heavy (non-hydrogen) atoms. The van der Waals surface area contributed by atoms with Crippen molar-refractivity contribution in [1.82, 2.24) is 0 Å². The van der Waals surface area contributed by atoms with Gasteiger partial charge in [0.15, 0.2) is 0 Å². The van der Waals surface area contributed by atoms with E-state index in [1.54, 1.807) is 0 Å². The van der Waals surface area contributed by atoms with Crippen molar-refractivity contribution in [2.45, 2.75) is 17.1 Å². The van der Waals surface area contributed by atoms with Gasteiger partial charge in [0, 0.05) is 11.5 Å². The number of hydrogen-bond donors (Lipinski definition) is 1. The van der Waals surface area contributed by atoms with Crippen molar-refractivity contribution >= 4 is 28.4 Å². The highest BCUT2D eigenvalue weighted by atomic mass is 79.9. The van der Waals surface area contributed by atoms with Gasteiger partial charge >= 0.3 is 0 Å². The number of alkyl halides is 1. The molecule has 0 spiro atoms. The first-order valence-corrected chi connectivity index (χ1v) is 7.49. The molecule has 2 nitrogen and oxygen atoms in total. The van der Waals surface area contributed by atoms with Crippen molar-refractivity contribution < 1.29 is 9.67 Å². The van der Waals surface area contributed by atoms with E-state index in [1.807, 2.05) is 30.3 Å². The molecule has 0 bridgehead atoms. The molecule has 1 heterocycles. The number of aliphatic hydroxyl groups excluding tert-OH is 1. The minimum Gasteiger partial charge on any atom is -0.391 e. The van der Waals surface area contributed by atoms with Gasteiger partial charge < -0.3 is 9.67 Å². The molecule has 1 aromatic carbocycles. The van der Waals surface area contributed by atoms with Gasteiger partial charge in [-0.25, -0.2) is 0 Å². The molecule has 1 N–H and O–H groups in total. The van der Waals surface area contributed by atoms with Crippen LogP contribution in [-0.4, -0.2) is 21.9 Å². The summed E-state index contributed by atoms with van der Waals surface area (Å²) in [6.45, 7) is 0. The molecule has 3 atom stereocenters. The first-order chi connectivity index (χ1) is 6.64. The predicted octanol–water partition coefficient (Wildman–Crippen LogP) is 2.16. The summed E-state index contributed by atoms with van der Waals surface area (Å²) < 4.78 is 12.3. The number of aliphatic hydroxyl groups is 1. The SMILES string of the molecule is O=P1(c2ccccc2)CCC(O)C1Br. The van der Waals surface area contributed by atoms with E-state index in [1.165, 1.54) is 0 Å². The second-order valence-corrected chi connectivity index (χ2v) is 8.39. The van der Waals surface area contributed by atoms with Gasteiger partial charge in [0.1, 0.15) is 7.14 Å². The molecule has 1 aliphatic heterocycles. The Bertz CT molecular complexity index is 366. The third kappa shape index (κ3) is 1.58. The maximum atomic E-state index is 12.5. The topological polar surface area (TPSA) is 37.3 Å². The average Bonchev–Trinajstić information content (AvgIpc) is 2.49. The molecular weight excluding hydrogens is 263 g/mol. The van der Waals surface area contributed by atoms with Gasteiger partial charge in [-0.05, 0) is 6.42 Å². The fourth-order valence-electron chi connectivity index (χ4n) is 1.81. The third-order valence-electron chi connectivity index (χ3n) is 2.67. The van der Waals surface area contributed by atoms with Crippen LogP contribution in [0.4, 0.5) is 0 Å². The predicted molar refractivity (Wildman–Crippen MR) is 61.9 cm³/mol. The molecule has 2 rings (SSSR count). The normalized spacial score (nSPS) is 37.3. The number of halogens is 1. The summed E-state index contributed by atoms with van der Waals surface area (Å²) in [5, 5.41) is 10.4. The summed E-state index contributed by atoms with van der Waals surface area (Å²) >= 11 is 3.35. The van der Waals surface area contributed by atoms with E-state index in [9.17, 15) is 9.67 Å². The van der Waals surface area contributed by atoms with E-state index in [-0.39, 0.29) is 4.57 Å². The first-order valence-electron chi connectivity index (χ1n) is 4.61. The molecule has 0 aromatic heterocycles. The zero-order chi connectivity index (χ0) is 10.2. The van der Waals surface area contributed by atoms with Crippen molar-refractivity contribution in [3.8, 4) is 0 Å². The van der Waals surface area contributed by atoms with Crippen LogP contribution in [0.25, 0.3) is 0 Å². The van der Waals surface area contributed by atoms with E-state index >= 15 is 0 Å². The van der Waals surface area contributed by atoms with Crippen molar-refractivity contribution in [3.05, 3.63) is 30.3 Å². The summed E-state index contributed by atoms with van der Waals surface area (Å²) in [6.07, 6.45) is 0.761. The van der Waals surface area contributed by atoms with E-state index in [2.05, 4.69) is 15.9 Å². The lowest BCUT2D eigenvalue weighted by Crippen LogP contribution is -2.16. The average molecular weight is 275 g/mol. The Morgan fingerprint density at radius 1 is 1.36 bits per heavy atom. The fourth-order valence-corrected chi connectivity index (χ4v) is 6.22. The Morgan fingerprint density at radius 2 is 2.00 bits per heavy atom. The van der Waals surface area contributed by atoms with Crippen molar-refractivity contribution in [3.63, 3.8) is 0 Å². The lowest BCUT2D eigenvalue weighted by Gasteiger charge is -2.17. The maximum absolute atomic E-state index is 12.5. The van der Waals surface area contributed by atoms with Gasteiger partial charge in [0.2, 0.25) is 0 Å². The Kier molecular flexibility index (Phi) is 2.83. The summed E-state index contributed by atoms with van der Waals surface area (Å²) in [5.41, 5.74) is 0. The van der Waals surface area contributed by atoms with Crippen LogP contribution >= 0.6 is 23.1 Å². The highest BCUT2D eigenvalue weighted by molar-refractivity contribution is 9.10. The maximum Gasteiger partial charge on any atom is 0.131 e. The summed E-state index contributed by atoms with van der Waals surface area (Å²) in [6, 6.07) is 9.45. The summed E-state index contributed by atoms with van der Waals surface area (Å²) in [7, 11) is -2.40. The molecule has 4 heteroatoms. The molecule has 0 aliphatic carbocycles. The molecule has 1 aromatic rings. The minimum atomic E-state index is -2.40. The summed E-state index contributed by atoms with van der Waals surface area (Å²) in [4.78, 5) is 0. The standard InChI is InChI=1S/C10H12BrO2P/c11-10-9(12)6-7-14(10,13)8-4-2-1-3-5-8/h1-5,9-10,12H,6-7H2. The van der Waals surface area contributed by atoms with Gasteiger partial charge in [0.05, 0.1) is 10.7 Å². The molecule has 0 saturated carbocycles. The highest BCUT2D eigenvalue weighted by Crippen LogP contribution is 2.59. The lowest BCUT2D eigenvalue weighted by atomic mass is 10.3. The molecule has 1 fully saturated rings. The second-order valence-electron chi connectivity index (χ2n) is 3.58. The molecular formula is C10H12BrO2P. The Morgan fingerprint density at radius 3 is 2.50 bits per heavy atom. The largest absolute Gasteiger partial charge is 0.391 e. The monoisotopic (exact) mass is 274 g/mol. The van der Waals surface area contributed by atoms with Crippen LogP contribution in [0.1, 0.15) is 6.42 Å². The van der Waals surface area contributed by atoms with Gasteiger partial charge in [-0.1, -0.05) is 46.3 Å². The molecule has 0 amide bonds. The van der Waals surface area contributed by atoms with Crippen LogP contribution in [0.5, 0.6) is 0 Å². The van der Waals surface area contributed by atoms with Gasteiger partial charge in [-0.3, -0.25) is 0 Å². The van der Waals surface area contributed by atoms with Crippen LogP contribution in [0.15, 0.2) is 30.3 Å². The van der Waals surface area contributed by atoms with E-state index < -0.39 is 13.2 Å². The summed E-state index contributed by atoms with van der Waals surface area (Å²) in [5.74, 6) is 0. The van der Waals surface area contributed by atoms with Crippen LogP contribution in [0.2, 0.25) is 0 Å². The second kappa shape index (κ2) is 3.80. The van der Waals surface area contributed by atoms with Crippen LogP contribution in [0.3, 0.4) is 0 Å². The van der Waals surface area contributed by atoms with Crippen molar-refractivity contribution in [1.29, 1.82) is 0 Å². The van der Waals surface area contributed by atoms with Crippen molar-refractivity contribution in [2.24, 2.45) is 0 Å². The number of rotatable bonds is 1. The molecule has 3 unspecified atom stereocenters. The molecule has 0 radical (unpaired) electrons. The van der Waals surface area contributed by atoms with Gasteiger partial charge in [-0.2, -0.15) is 0 Å². The molecule has 76 valence electrons. The number of benzene rings is 1. The fraction of sp³-hybridized carbons (Fsp3) is 0.400.